The fraction of sp³-hybridized carbons (Fsp3) is 0.261. The summed E-state index contributed by atoms with van der Waals surface area (Å²) >= 11 is 0. The largest absolute Gasteiger partial charge is 0.264 e. The van der Waals surface area contributed by atoms with E-state index in [1.807, 2.05) is 36.9 Å². The van der Waals surface area contributed by atoms with E-state index in [9.17, 15) is 0 Å². The highest BCUT2D eigenvalue weighted by atomic mass is 14.6. The molecule has 7 rings (SSSR count). The third-order valence-electron chi connectivity index (χ3n) is 11.7. The van der Waals surface area contributed by atoms with Gasteiger partial charge in [-0.2, -0.15) is 0 Å². The quantitative estimate of drug-likeness (QED) is 0.160. The molecule has 1 aliphatic rings. The lowest BCUT2D eigenvalue weighted by molar-refractivity contribution is 0.477. The van der Waals surface area contributed by atoms with Gasteiger partial charge in [0.15, 0.2) is 0 Å². The summed E-state index contributed by atoms with van der Waals surface area (Å²) in [6, 6.07) is 41.2. The van der Waals surface area contributed by atoms with Crippen LogP contribution in [-0.2, 0) is 16.2 Å². The molecule has 1 atom stereocenters. The minimum atomic E-state index is -0.104. The minimum Gasteiger partial charge on any atom is -0.264 e. The Morgan fingerprint density at radius 3 is 1.42 bits per heavy atom. The minimum absolute atomic E-state index is 0.0543. The third-order valence-corrected chi connectivity index (χ3v) is 11.7. The van der Waals surface area contributed by atoms with E-state index in [1.54, 1.807) is 0 Å². The molecule has 0 saturated carbocycles. The number of hydrogen-bond donors (Lipinski definition) is 0. The van der Waals surface area contributed by atoms with Gasteiger partial charge < -0.3 is 0 Å². The molecule has 2 heterocycles. The van der Waals surface area contributed by atoms with Crippen molar-refractivity contribution in [3.63, 3.8) is 0 Å². The molecule has 0 radical (unpaired) electrons. The van der Waals surface area contributed by atoms with Gasteiger partial charge in [-0.25, -0.2) is 0 Å². The average molecular weight is 627 g/mol. The summed E-state index contributed by atoms with van der Waals surface area (Å²) < 4.78 is 0. The lowest BCUT2D eigenvalue weighted by atomic mass is 9.69. The first kappa shape index (κ1) is 31.8. The smallest absolute Gasteiger partial charge is 0.0346 e. The van der Waals surface area contributed by atoms with E-state index in [-0.39, 0.29) is 16.2 Å². The maximum absolute atomic E-state index is 4.33. The van der Waals surface area contributed by atoms with E-state index in [1.165, 1.54) is 55.6 Å². The van der Waals surface area contributed by atoms with Crippen molar-refractivity contribution in [1.29, 1.82) is 0 Å². The summed E-state index contributed by atoms with van der Waals surface area (Å²) in [6.07, 6.45) is 10.6. The van der Waals surface area contributed by atoms with Crippen LogP contribution in [0.5, 0.6) is 0 Å². The Balaban J connectivity index is 1.24. The van der Waals surface area contributed by atoms with Crippen LogP contribution < -0.4 is 0 Å². The number of nitrogens with zero attached hydrogens (tertiary/aromatic N) is 2. The number of benzene rings is 4. The zero-order valence-electron chi connectivity index (χ0n) is 29.2. The number of rotatable bonds is 9. The predicted molar refractivity (Wildman–Crippen MR) is 201 cm³/mol. The van der Waals surface area contributed by atoms with Gasteiger partial charge >= 0.3 is 0 Å². The molecule has 240 valence electrons. The molecule has 0 fully saturated rings. The van der Waals surface area contributed by atoms with Crippen molar-refractivity contribution >= 4 is 0 Å². The number of pyridine rings is 2. The van der Waals surface area contributed by atoms with Crippen molar-refractivity contribution in [2.24, 2.45) is 0 Å². The van der Waals surface area contributed by atoms with Gasteiger partial charge in [0.2, 0.25) is 0 Å². The van der Waals surface area contributed by atoms with E-state index in [0.717, 1.165) is 30.4 Å². The summed E-state index contributed by atoms with van der Waals surface area (Å²) in [6.45, 7) is 14.2. The first-order chi connectivity index (χ1) is 23.2. The zero-order chi connectivity index (χ0) is 33.5. The second-order valence-electron chi connectivity index (χ2n) is 14.3. The van der Waals surface area contributed by atoms with E-state index >= 15 is 0 Å². The fourth-order valence-corrected chi connectivity index (χ4v) is 8.27. The Hall–Kier alpha value is -4.82. The summed E-state index contributed by atoms with van der Waals surface area (Å²) in [4.78, 5) is 8.64. The molecule has 48 heavy (non-hydrogen) atoms. The molecular weight excluding hydrogens is 581 g/mol. The Bertz CT molecular complexity index is 2040. The van der Waals surface area contributed by atoms with Crippen LogP contribution in [0.25, 0.3) is 33.4 Å². The number of aromatic nitrogens is 2. The summed E-state index contributed by atoms with van der Waals surface area (Å²) in [7, 11) is 0. The van der Waals surface area contributed by atoms with Gasteiger partial charge in [0.25, 0.3) is 0 Å². The van der Waals surface area contributed by atoms with Gasteiger partial charge in [-0.15, -0.1) is 0 Å². The first-order valence-electron chi connectivity index (χ1n) is 17.6. The van der Waals surface area contributed by atoms with Crippen LogP contribution in [0.3, 0.4) is 0 Å². The number of fused-ring (bicyclic) bond motifs is 3. The first-order valence-corrected chi connectivity index (χ1v) is 17.6. The Labute approximate surface area is 287 Å². The molecule has 1 unspecified atom stereocenters. The molecule has 2 aromatic heterocycles. The van der Waals surface area contributed by atoms with Crippen LogP contribution in [0.4, 0.5) is 0 Å². The van der Waals surface area contributed by atoms with Crippen LogP contribution in [0.2, 0.25) is 0 Å². The van der Waals surface area contributed by atoms with Gasteiger partial charge in [0.05, 0.1) is 0 Å². The van der Waals surface area contributed by atoms with Gasteiger partial charge in [0.1, 0.15) is 0 Å². The second kappa shape index (κ2) is 12.3. The maximum atomic E-state index is 4.33. The van der Waals surface area contributed by atoms with Crippen LogP contribution in [-0.4, -0.2) is 9.97 Å². The highest BCUT2D eigenvalue weighted by molar-refractivity contribution is 5.82. The zero-order valence-corrected chi connectivity index (χ0v) is 29.2. The Kier molecular flexibility index (Phi) is 8.16. The maximum Gasteiger partial charge on any atom is 0.0346 e. The van der Waals surface area contributed by atoms with Crippen LogP contribution in [0.15, 0.2) is 134 Å². The molecule has 1 aliphatic carbocycles. The molecule has 2 heteroatoms. The van der Waals surface area contributed by atoms with E-state index in [2.05, 4.69) is 149 Å². The fourth-order valence-electron chi connectivity index (χ4n) is 8.27. The Morgan fingerprint density at radius 1 is 0.500 bits per heavy atom. The SMILES string of the molecule is CCC(C)(c1ccc(-c2cccnc2)cc1)c1ccc2c(c1)C(C)(C)c1cc(C(CC)(CC)c3ccc(-c4cccnc4)cc3)ccc1-2. The summed E-state index contributed by atoms with van der Waals surface area (Å²) in [5.41, 5.74) is 15.6. The van der Waals surface area contributed by atoms with Crippen molar-refractivity contribution in [1.82, 2.24) is 9.97 Å². The van der Waals surface area contributed by atoms with Crippen molar-refractivity contribution in [3.05, 3.63) is 167 Å². The molecule has 4 aromatic carbocycles. The molecule has 0 amide bonds. The topological polar surface area (TPSA) is 25.8 Å². The molecule has 0 aliphatic heterocycles. The monoisotopic (exact) mass is 626 g/mol. The molecule has 6 aromatic rings. The van der Waals surface area contributed by atoms with Gasteiger partial charge in [-0.3, -0.25) is 9.97 Å². The summed E-state index contributed by atoms with van der Waals surface area (Å²) in [5.74, 6) is 0. The average Bonchev–Trinajstić information content (AvgIpc) is 3.38. The number of hydrogen-bond acceptors (Lipinski definition) is 2. The van der Waals surface area contributed by atoms with Crippen molar-refractivity contribution in [2.45, 2.75) is 77.0 Å². The van der Waals surface area contributed by atoms with E-state index in [4.69, 9.17) is 0 Å². The van der Waals surface area contributed by atoms with Crippen molar-refractivity contribution < 1.29 is 0 Å². The standard InChI is InChI=1S/C46H46N2/c1-7-45(6,36-18-14-32(15-19-36)34-12-10-26-47-30-34)38-22-24-40-41-25-23-39(29-43(41)44(4,5)42(40)28-38)46(8-2,9-3)37-20-16-33(17-21-37)35-13-11-27-48-31-35/h10-31H,7-9H2,1-6H3. The van der Waals surface area contributed by atoms with Crippen molar-refractivity contribution in [2.75, 3.05) is 0 Å². The molecule has 0 bridgehead atoms. The van der Waals surface area contributed by atoms with E-state index in [0.29, 0.717) is 0 Å². The molecule has 0 N–H and O–H groups in total. The highest BCUT2D eigenvalue weighted by Crippen LogP contribution is 2.52. The van der Waals surface area contributed by atoms with Gasteiger partial charge in [0, 0.05) is 41.0 Å². The Morgan fingerprint density at radius 2 is 0.958 bits per heavy atom. The van der Waals surface area contributed by atoms with Gasteiger partial charge in [-0.05, 0) is 98.2 Å². The molecule has 0 spiro atoms. The molecule has 2 nitrogen and oxygen atoms in total. The lowest BCUT2D eigenvalue weighted by Gasteiger charge is -2.35. The van der Waals surface area contributed by atoms with Crippen LogP contribution in [0.1, 0.15) is 94.2 Å². The predicted octanol–water partition coefficient (Wildman–Crippen LogP) is 11.9. The molecular formula is C46H46N2. The van der Waals surface area contributed by atoms with Crippen LogP contribution >= 0.6 is 0 Å². The second-order valence-corrected chi connectivity index (χ2v) is 14.3. The molecule has 0 saturated heterocycles. The van der Waals surface area contributed by atoms with Crippen molar-refractivity contribution in [3.8, 4) is 33.4 Å². The van der Waals surface area contributed by atoms with Gasteiger partial charge in [-0.1, -0.05) is 139 Å². The third kappa shape index (κ3) is 5.10. The normalized spacial score (nSPS) is 14.6. The van der Waals surface area contributed by atoms with Crippen LogP contribution in [0, 0.1) is 0 Å². The van der Waals surface area contributed by atoms with E-state index < -0.39 is 0 Å². The lowest BCUT2D eigenvalue weighted by Crippen LogP contribution is -2.27. The highest BCUT2D eigenvalue weighted by Gasteiger charge is 2.40. The summed E-state index contributed by atoms with van der Waals surface area (Å²) in [5, 5.41) is 0.